The summed E-state index contributed by atoms with van der Waals surface area (Å²) < 4.78 is 0. The summed E-state index contributed by atoms with van der Waals surface area (Å²) in [6, 6.07) is 5.61. The van der Waals surface area contributed by atoms with Crippen molar-refractivity contribution < 1.29 is 14.4 Å². The lowest BCUT2D eigenvalue weighted by Gasteiger charge is -2.39. The molecule has 0 aromatic heterocycles. The van der Waals surface area contributed by atoms with E-state index in [1.165, 1.54) is 11.1 Å². The van der Waals surface area contributed by atoms with Gasteiger partial charge in [-0.1, -0.05) is 18.2 Å². The zero-order valence-corrected chi connectivity index (χ0v) is 16.5. The molecule has 2 aliphatic rings. The van der Waals surface area contributed by atoms with Crippen molar-refractivity contribution in [1.82, 2.24) is 14.7 Å². The topological polar surface area (TPSA) is 60.9 Å². The van der Waals surface area contributed by atoms with Crippen molar-refractivity contribution in [1.29, 1.82) is 0 Å². The number of likely N-dealkylation sites (tertiary alicyclic amines) is 1. The third-order valence-corrected chi connectivity index (χ3v) is 5.87. The molecule has 0 spiro atoms. The molecule has 2 heterocycles. The molecule has 27 heavy (non-hydrogen) atoms. The first-order valence-electron chi connectivity index (χ1n) is 9.79. The van der Waals surface area contributed by atoms with E-state index in [0.717, 1.165) is 18.5 Å². The zero-order chi connectivity index (χ0) is 19.6. The normalized spacial score (nSPS) is 20.8. The first-order chi connectivity index (χ1) is 12.9. The number of benzene rings is 1. The van der Waals surface area contributed by atoms with Crippen molar-refractivity contribution in [3.63, 3.8) is 0 Å². The van der Waals surface area contributed by atoms with E-state index >= 15 is 0 Å². The monoisotopic (exact) mass is 371 g/mol. The summed E-state index contributed by atoms with van der Waals surface area (Å²) in [5.41, 5.74) is 3.45. The van der Waals surface area contributed by atoms with Crippen molar-refractivity contribution >= 4 is 17.7 Å². The van der Waals surface area contributed by atoms with Crippen LogP contribution in [0.3, 0.4) is 0 Å². The zero-order valence-electron chi connectivity index (χ0n) is 16.5. The summed E-state index contributed by atoms with van der Waals surface area (Å²) in [6.07, 6.45) is 2.27. The number of rotatable bonds is 6. The van der Waals surface area contributed by atoms with Crippen molar-refractivity contribution in [3.05, 3.63) is 34.9 Å². The highest BCUT2D eigenvalue weighted by Gasteiger charge is 2.36. The van der Waals surface area contributed by atoms with Crippen LogP contribution in [0, 0.1) is 13.8 Å². The van der Waals surface area contributed by atoms with E-state index < -0.39 is 6.04 Å². The van der Waals surface area contributed by atoms with E-state index in [2.05, 4.69) is 19.9 Å². The molecule has 1 aromatic carbocycles. The van der Waals surface area contributed by atoms with Crippen molar-refractivity contribution in [2.45, 2.75) is 52.6 Å². The van der Waals surface area contributed by atoms with Gasteiger partial charge in [-0.05, 0) is 50.3 Å². The van der Waals surface area contributed by atoms with Crippen LogP contribution in [0.4, 0.5) is 0 Å². The van der Waals surface area contributed by atoms with Gasteiger partial charge in [-0.15, -0.1) is 0 Å². The average Bonchev–Trinajstić information content (AvgIpc) is 3.04. The molecule has 0 unspecified atom stereocenters. The molecule has 0 aliphatic carbocycles. The number of hydrogen-bond acceptors (Lipinski definition) is 3. The molecule has 0 bridgehead atoms. The second-order valence-electron chi connectivity index (χ2n) is 7.65. The van der Waals surface area contributed by atoms with Crippen molar-refractivity contribution in [2.24, 2.45) is 0 Å². The van der Waals surface area contributed by atoms with E-state index in [0.29, 0.717) is 32.5 Å². The Morgan fingerprint density at radius 2 is 1.78 bits per heavy atom. The van der Waals surface area contributed by atoms with Crippen LogP contribution in [0.2, 0.25) is 0 Å². The number of aryl methyl sites for hydroxylation is 1. The summed E-state index contributed by atoms with van der Waals surface area (Å²) in [6.45, 7) is 8.51. The van der Waals surface area contributed by atoms with Crippen molar-refractivity contribution in [3.8, 4) is 0 Å². The van der Waals surface area contributed by atoms with Gasteiger partial charge in [0.05, 0.1) is 6.54 Å². The summed E-state index contributed by atoms with van der Waals surface area (Å²) in [7, 11) is 0. The molecule has 1 atom stereocenters. The Kier molecular flexibility index (Phi) is 5.82. The summed E-state index contributed by atoms with van der Waals surface area (Å²) in [5, 5.41) is 0. The fourth-order valence-corrected chi connectivity index (χ4v) is 3.92. The highest BCUT2D eigenvalue weighted by atomic mass is 16.2. The lowest BCUT2D eigenvalue weighted by atomic mass is 10.0. The standard InChI is InChI=1S/C21H29N3O3/c1-15-7-4-8-18(16(15)2)13-24-17(3)21(27)23(14-20(24)26)12-6-11-22-10-5-9-19(22)25/h4,7-8,17H,5-6,9-14H2,1-3H3/t17-/m0/s1. The molecule has 0 radical (unpaired) electrons. The molecule has 6 heteroatoms. The molecular formula is C21H29N3O3. The van der Waals surface area contributed by atoms with E-state index in [-0.39, 0.29) is 24.3 Å². The van der Waals surface area contributed by atoms with Gasteiger partial charge in [-0.3, -0.25) is 14.4 Å². The highest BCUT2D eigenvalue weighted by molar-refractivity contribution is 5.94. The third-order valence-electron chi connectivity index (χ3n) is 5.87. The Balaban J connectivity index is 1.58. The molecule has 6 nitrogen and oxygen atoms in total. The smallest absolute Gasteiger partial charge is 0.245 e. The molecular weight excluding hydrogens is 342 g/mol. The minimum absolute atomic E-state index is 0.00680. The number of carbonyl (C=O) groups is 3. The number of piperazine rings is 1. The largest absolute Gasteiger partial charge is 0.343 e. The lowest BCUT2D eigenvalue weighted by Crippen LogP contribution is -2.58. The molecule has 2 aliphatic heterocycles. The third kappa shape index (κ3) is 4.15. The maximum atomic E-state index is 12.8. The first-order valence-corrected chi connectivity index (χ1v) is 9.79. The van der Waals surface area contributed by atoms with Crippen LogP contribution in [0.1, 0.15) is 42.9 Å². The number of hydrogen-bond donors (Lipinski definition) is 0. The average molecular weight is 371 g/mol. The minimum atomic E-state index is -0.459. The van der Waals surface area contributed by atoms with Gasteiger partial charge in [-0.25, -0.2) is 0 Å². The van der Waals surface area contributed by atoms with Crippen LogP contribution >= 0.6 is 0 Å². The second-order valence-corrected chi connectivity index (χ2v) is 7.65. The van der Waals surface area contributed by atoms with Crippen LogP contribution in [0.5, 0.6) is 0 Å². The van der Waals surface area contributed by atoms with Gasteiger partial charge in [0.1, 0.15) is 6.04 Å². The molecule has 0 N–H and O–H groups in total. The van der Waals surface area contributed by atoms with Gasteiger partial charge in [0.15, 0.2) is 0 Å². The van der Waals surface area contributed by atoms with Crippen LogP contribution < -0.4 is 0 Å². The lowest BCUT2D eigenvalue weighted by molar-refractivity contribution is -0.155. The quantitative estimate of drug-likeness (QED) is 0.767. The summed E-state index contributed by atoms with van der Waals surface area (Å²) >= 11 is 0. The van der Waals surface area contributed by atoms with Gasteiger partial charge >= 0.3 is 0 Å². The van der Waals surface area contributed by atoms with Crippen LogP contribution in [-0.4, -0.2) is 64.6 Å². The molecule has 146 valence electrons. The Morgan fingerprint density at radius 3 is 2.48 bits per heavy atom. The van der Waals surface area contributed by atoms with E-state index in [1.807, 2.05) is 24.0 Å². The van der Waals surface area contributed by atoms with Gasteiger partial charge in [0, 0.05) is 32.6 Å². The Morgan fingerprint density at radius 1 is 1.04 bits per heavy atom. The van der Waals surface area contributed by atoms with Gasteiger partial charge in [-0.2, -0.15) is 0 Å². The predicted molar refractivity (Wildman–Crippen MR) is 103 cm³/mol. The maximum absolute atomic E-state index is 12.8. The van der Waals surface area contributed by atoms with Crippen molar-refractivity contribution in [2.75, 3.05) is 26.2 Å². The van der Waals surface area contributed by atoms with Crippen LogP contribution in [0.15, 0.2) is 18.2 Å². The Hall–Kier alpha value is -2.37. The predicted octanol–water partition coefficient (Wildman–Crippen LogP) is 1.88. The molecule has 2 fully saturated rings. The molecule has 3 rings (SSSR count). The number of carbonyl (C=O) groups excluding carboxylic acids is 3. The van der Waals surface area contributed by atoms with E-state index in [9.17, 15) is 14.4 Å². The van der Waals surface area contributed by atoms with Crippen LogP contribution in [-0.2, 0) is 20.9 Å². The van der Waals surface area contributed by atoms with Gasteiger partial charge < -0.3 is 14.7 Å². The number of nitrogens with zero attached hydrogens (tertiary/aromatic N) is 3. The van der Waals surface area contributed by atoms with Crippen LogP contribution in [0.25, 0.3) is 0 Å². The first kappa shape index (κ1) is 19.4. The highest BCUT2D eigenvalue weighted by Crippen LogP contribution is 2.20. The minimum Gasteiger partial charge on any atom is -0.343 e. The fourth-order valence-electron chi connectivity index (χ4n) is 3.92. The summed E-state index contributed by atoms with van der Waals surface area (Å²) in [5.74, 6) is 0.178. The van der Waals surface area contributed by atoms with E-state index in [1.54, 1.807) is 9.80 Å². The van der Waals surface area contributed by atoms with Gasteiger partial charge in [0.2, 0.25) is 17.7 Å². The number of amides is 3. The Bertz CT molecular complexity index is 746. The van der Waals surface area contributed by atoms with Gasteiger partial charge in [0.25, 0.3) is 0 Å². The summed E-state index contributed by atoms with van der Waals surface area (Å²) in [4.78, 5) is 42.3. The Labute approximate surface area is 161 Å². The molecule has 0 saturated carbocycles. The van der Waals surface area contributed by atoms with E-state index in [4.69, 9.17) is 0 Å². The fraction of sp³-hybridized carbons (Fsp3) is 0.571. The molecule has 2 saturated heterocycles. The molecule has 1 aromatic rings. The SMILES string of the molecule is Cc1cccc(CN2C(=O)CN(CCCN3CCCC3=O)C(=O)[C@@H]2C)c1C. The maximum Gasteiger partial charge on any atom is 0.245 e. The second kappa shape index (κ2) is 8.11. The molecule has 3 amide bonds.